The van der Waals surface area contributed by atoms with Gasteiger partial charge in [-0.3, -0.25) is 4.79 Å². The van der Waals surface area contributed by atoms with Crippen LogP contribution in [0.2, 0.25) is 0 Å². The van der Waals surface area contributed by atoms with Crippen molar-refractivity contribution in [2.24, 2.45) is 10.9 Å². The van der Waals surface area contributed by atoms with Crippen LogP contribution < -0.4 is 5.73 Å². The number of halogens is 1. The second kappa shape index (κ2) is 6.61. The van der Waals surface area contributed by atoms with Crippen LogP contribution in [0.3, 0.4) is 0 Å². The molecule has 0 unspecified atom stereocenters. The molecule has 1 aromatic rings. The van der Waals surface area contributed by atoms with Crippen LogP contribution in [-0.2, 0) is 0 Å². The quantitative estimate of drug-likeness (QED) is 0.377. The van der Waals surface area contributed by atoms with Crippen LogP contribution in [0.1, 0.15) is 23.7 Å². The molecule has 5 nitrogen and oxygen atoms in total. The fourth-order valence-electron chi connectivity index (χ4n) is 1.31. The van der Waals surface area contributed by atoms with E-state index in [4.69, 9.17) is 10.9 Å². The van der Waals surface area contributed by atoms with Crippen molar-refractivity contribution in [2.45, 2.75) is 13.3 Å². The second-order valence-corrected chi connectivity index (χ2v) is 5.66. The molecule has 1 heterocycles. The lowest BCUT2D eigenvalue weighted by molar-refractivity contribution is 0.0769. The lowest BCUT2D eigenvalue weighted by atomic mass is 10.2. The normalized spacial score (nSPS) is 11.5. The predicted octanol–water partition coefficient (Wildman–Crippen LogP) is 2.11. The van der Waals surface area contributed by atoms with Gasteiger partial charge in [-0.25, -0.2) is 0 Å². The standard InChI is InChI=1S/C10H14BrN3O2S/c1-2-14(4-3-9(12)13-16)10(15)7-5-8(11)17-6-7/h5-6,16H,2-4H2,1H3,(H2,12,13). The first-order valence-corrected chi connectivity index (χ1v) is 6.75. The van der Waals surface area contributed by atoms with Crippen molar-refractivity contribution >= 4 is 39.0 Å². The lowest BCUT2D eigenvalue weighted by Gasteiger charge is -2.19. The maximum absolute atomic E-state index is 12.1. The zero-order valence-electron chi connectivity index (χ0n) is 9.39. The van der Waals surface area contributed by atoms with Gasteiger partial charge >= 0.3 is 0 Å². The van der Waals surface area contributed by atoms with Crippen molar-refractivity contribution in [2.75, 3.05) is 13.1 Å². The van der Waals surface area contributed by atoms with Gasteiger partial charge < -0.3 is 15.8 Å². The minimum Gasteiger partial charge on any atom is -0.409 e. The topological polar surface area (TPSA) is 78.9 Å². The van der Waals surface area contributed by atoms with Crippen molar-refractivity contribution in [1.82, 2.24) is 4.90 Å². The van der Waals surface area contributed by atoms with E-state index in [0.717, 1.165) is 3.79 Å². The van der Waals surface area contributed by atoms with Crippen LogP contribution in [0.15, 0.2) is 20.4 Å². The summed E-state index contributed by atoms with van der Waals surface area (Å²) in [5.41, 5.74) is 6.03. The van der Waals surface area contributed by atoms with E-state index in [1.807, 2.05) is 6.92 Å². The van der Waals surface area contributed by atoms with E-state index in [0.29, 0.717) is 25.1 Å². The first-order valence-electron chi connectivity index (χ1n) is 5.08. The molecule has 0 aliphatic rings. The summed E-state index contributed by atoms with van der Waals surface area (Å²) in [6.45, 7) is 2.93. The average molecular weight is 320 g/mol. The number of rotatable bonds is 5. The fraction of sp³-hybridized carbons (Fsp3) is 0.400. The number of nitrogens with zero attached hydrogens (tertiary/aromatic N) is 2. The highest BCUT2D eigenvalue weighted by molar-refractivity contribution is 9.11. The molecule has 0 saturated heterocycles. The molecular formula is C10H14BrN3O2S. The monoisotopic (exact) mass is 319 g/mol. The van der Waals surface area contributed by atoms with Crippen LogP contribution in [0, 0.1) is 0 Å². The van der Waals surface area contributed by atoms with E-state index >= 15 is 0 Å². The molecule has 0 atom stereocenters. The number of amides is 1. The summed E-state index contributed by atoms with van der Waals surface area (Å²) in [5.74, 6) is 0.0861. The Morgan fingerprint density at radius 3 is 2.88 bits per heavy atom. The Morgan fingerprint density at radius 2 is 2.41 bits per heavy atom. The number of oxime groups is 1. The van der Waals surface area contributed by atoms with E-state index in [1.165, 1.54) is 11.3 Å². The molecule has 0 bridgehead atoms. The maximum atomic E-state index is 12.1. The third-order valence-corrected chi connectivity index (χ3v) is 3.75. The zero-order chi connectivity index (χ0) is 12.8. The van der Waals surface area contributed by atoms with Gasteiger partial charge in [-0.1, -0.05) is 5.16 Å². The van der Waals surface area contributed by atoms with E-state index in [-0.39, 0.29) is 11.7 Å². The third kappa shape index (κ3) is 4.01. The Balaban J connectivity index is 2.64. The van der Waals surface area contributed by atoms with Gasteiger partial charge in [-0.05, 0) is 28.9 Å². The summed E-state index contributed by atoms with van der Waals surface area (Å²) in [5, 5.41) is 13.1. The number of amidine groups is 1. The molecule has 0 aliphatic heterocycles. The molecule has 1 amide bonds. The number of hydrogen-bond donors (Lipinski definition) is 2. The molecule has 1 aromatic heterocycles. The smallest absolute Gasteiger partial charge is 0.254 e. The number of nitrogens with two attached hydrogens (primary N) is 1. The Kier molecular flexibility index (Phi) is 5.43. The van der Waals surface area contributed by atoms with Gasteiger partial charge in [0.15, 0.2) is 0 Å². The second-order valence-electron chi connectivity index (χ2n) is 3.37. The SMILES string of the molecule is CCN(CCC(N)=NO)C(=O)c1csc(Br)c1. The van der Waals surface area contributed by atoms with Crippen LogP contribution in [-0.4, -0.2) is 34.9 Å². The van der Waals surface area contributed by atoms with Crippen LogP contribution >= 0.6 is 27.3 Å². The maximum Gasteiger partial charge on any atom is 0.254 e. The minimum absolute atomic E-state index is 0.0415. The first kappa shape index (κ1) is 14.0. The van der Waals surface area contributed by atoms with E-state index < -0.39 is 0 Å². The van der Waals surface area contributed by atoms with Crippen molar-refractivity contribution in [3.05, 3.63) is 20.8 Å². The molecule has 7 heteroatoms. The van der Waals surface area contributed by atoms with E-state index in [1.54, 1.807) is 16.3 Å². The highest BCUT2D eigenvalue weighted by atomic mass is 79.9. The molecule has 1 rings (SSSR count). The summed E-state index contributed by atoms with van der Waals surface area (Å²) >= 11 is 4.79. The summed E-state index contributed by atoms with van der Waals surface area (Å²) < 4.78 is 0.924. The Bertz CT molecular complexity index is 419. The van der Waals surface area contributed by atoms with E-state index in [9.17, 15) is 4.79 Å². The largest absolute Gasteiger partial charge is 0.409 e. The van der Waals surface area contributed by atoms with Crippen molar-refractivity contribution in [1.29, 1.82) is 0 Å². The lowest BCUT2D eigenvalue weighted by Crippen LogP contribution is -2.33. The Labute approximate surface area is 112 Å². The number of hydrogen-bond acceptors (Lipinski definition) is 4. The number of carbonyl (C=O) groups is 1. The van der Waals surface area contributed by atoms with Gasteiger partial charge in [-0.2, -0.15) is 0 Å². The van der Waals surface area contributed by atoms with Crippen LogP contribution in [0.4, 0.5) is 0 Å². The third-order valence-electron chi connectivity index (χ3n) is 2.25. The van der Waals surface area contributed by atoms with Gasteiger partial charge in [0, 0.05) is 24.9 Å². The molecule has 0 aromatic carbocycles. The van der Waals surface area contributed by atoms with Crippen molar-refractivity contribution < 1.29 is 10.0 Å². The first-order chi connectivity index (χ1) is 8.08. The predicted molar refractivity (Wildman–Crippen MR) is 71.6 cm³/mol. The Morgan fingerprint density at radius 1 is 1.71 bits per heavy atom. The Hall–Kier alpha value is -1.08. The molecular weight excluding hydrogens is 306 g/mol. The van der Waals surface area contributed by atoms with Crippen molar-refractivity contribution in [3.8, 4) is 0 Å². The fourth-order valence-corrected chi connectivity index (χ4v) is 2.44. The van der Waals surface area contributed by atoms with Gasteiger partial charge in [0.2, 0.25) is 0 Å². The van der Waals surface area contributed by atoms with Gasteiger partial charge in [0.05, 0.1) is 9.35 Å². The minimum atomic E-state index is -0.0415. The molecule has 3 N–H and O–H groups in total. The highest BCUT2D eigenvalue weighted by Gasteiger charge is 2.15. The van der Waals surface area contributed by atoms with Gasteiger partial charge in [-0.15, -0.1) is 11.3 Å². The summed E-state index contributed by atoms with van der Waals surface area (Å²) in [7, 11) is 0. The molecule has 0 fully saturated rings. The summed E-state index contributed by atoms with van der Waals surface area (Å²) in [4.78, 5) is 13.7. The average Bonchev–Trinajstić information content (AvgIpc) is 2.76. The van der Waals surface area contributed by atoms with Crippen molar-refractivity contribution in [3.63, 3.8) is 0 Å². The summed E-state index contributed by atoms with van der Waals surface area (Å²) in [6, 6.07) is 1.79. The number of carbonyl (C=O) groups excluding carboxylic acids is 1. The molecule has 94 valence electrons. The number of thiophene rings is 1. The van der Waals surface area contributed by atoms with Crippen LogP contribution in [0.5, 0.6) is 0 Å². The summed E-state index contributed by atoms with van der Waals surface area (Å²) in [6.07, 6.45) is 0.362. The molecule has 0 aliphatic carbocycles. The highest BCUT2D eigenvalue weighted by Crippen LogP contribution is 2.21. The molecule has 17 heavy (non-hydrogen) atoms. The van der Waals surface area contributed by atoms with Gasteiger partial charge in [0.1, 0.15) is 5.84 Å². The molecule has 0 radical (unpaired) electrons. The van der Waals surface area contributed by atoms with E-state index in [2.05, 4.69) is 21.1 Å². The zero-order valence-corrected chi connectivity index (χ0v) is 11.8. The van der Waals surface area contributed by atoms with Gasteiger partial charge in [0.25, 0.3) is 5.91 Å². The molecule has 0 spiro atoms. The molecule has 0 saturated carbocycles. The van der Waals surface area contributed by atoms with Crippen LogP contribution in [0.25, 0.3) is 0 Å².